The maximum absolute atomic E-state index is 10.7. The number of hydrogen-bond donors (Lipinski definition) is 3. The lowest BCUT2D eigenvalue weighted by atomic mass is 10.2. The van der Waals surface area contributed by atoms with Gasteiger partial charge in [0.05, 0.1) is 5.75 Å². The predicted molar refractivity (Wildman–Crippen MR) is 40.4 cm³/mol. The maximum atomic E-state index is 10.7. The number of carbonyl (C=O) groups is 1. The zero-order valence-corrected chi connectivity index (χ0v) is 6.56. The molecule has 3 N–H and O–H groups in total. The third kappa shape index (κ3) is 5.71. The van der Waals surface area contributed by atoms with Crippen LogP contribution in [0, 0.1) is 4.78 Å². The summed E-state index contributed by atoms with van der Waals surface area (Å²) >= 11 is 0. The first-order valence-corrected chi connectivity index (χ1v) is 4.49. The van der Waals surface area contributed by atoms with Crippen LogP contribution in [0.25, 0.3) is 0 Å². The van der Waals surface area contributed by atoms with E-state index >= 15 is 0 Å². The molecule has 60 valence electrons. The third-order valence-corrected chi connectivity index (χ3v) is 1.62. The minimum atomic E-state index is -2.05. The summed E-state index contributed by atoms with van der Waals surface area (Å²) in [7, 11) is -2.05. The van der Waals surface area contributed by atoms with Crippen molar-refractivity contribution in [1.82, 2.24) is 0 Å². The normalized spacial score (nSPS) is 12.9. The summed E-state index contributed by atoms with van der Waals surface area (Å²) in [5, 5.41) is 0. The number of ketones is 1. The Kier molecular flexibility index (Phi) is 5.15. The summed E-state index contributed by atoms with van der Waals surface area (Å²) < 4.78 is 16.8. The van der Waals surface area contributed by atoms with Crippen LogP contribution in [0.4, 0.5) is 0 Å². The maximum Gasteiger partial charge on any atom is 0.146 e. The van der Waals surface area contributed by atoms with Gasteiger partial charge < -0.3 is 5.73 Å². The van der Waals surface area contributed by atoms with E-state index in [1.54, 1.807) is 0 Å². The zero-order chi connectivity index (χ0) is 7.98. The molecule has 0 amide bonds. The average molecular weight is 164 g/mol. The number of hydrogen-bond acceptors (Lipinski definition) is 4. The fourth-order valence-corrected chi connectivity index (χ4v) is 1.02. The molecule has 0 aromatic rings. The largest absolute Gasteiger partial charge is 0.330 e. The van der Waals surface area contributed by atoms with Crippen LogP contribution in [-0.2, 0) is 15.4 Å². The summed E-state index contributed by atoms with van der Waals surface area (Å²) in [5.74, 6) is -0.239. The Balaban J connectivity index is 3.44. The highest BCUT2D eigenvalue weighted by Crippen LogP contribution is 1.88. The smallest absolute Gasteiger partial charge is 0.146 e. The van der Waals surface area contributed by atoms with Gasteiger partial charge in [0.15, 0.2) is 0 Å². The molecule has 10 heavy (non-hydrogen) atoms. The summed E-state index contributed by atoms with van der Waals surface area (Å²) in [6.45, 7) is 0.473. The first-order valence-electron chi connectivity index (χ1n) is 3.04. The molecule has 5 heteroatoms. The van der Waals surface area contributed by atoms with Gasteiger partial charge >= 0.3 is 0 Å². The van der Waals surface area contributed by atoms with Crippen molar-refractivity contribution < 1.29 is 9.00 Å². The van der Waals surface area contributed by atoms with Crippen molar-refractivity contribution in [1.29, 1.82) is 4.78 Å². The Morgan fingerprint density at radius 2 is 2.20 bits per heavy atom. The van der Waals surface area contributed by atoms with E-state index in [-0.39, 0.29) is 11.5 Å². The van der Waals surface area contributed by atoms with E-state index < -0.39 is 10.6 Å². The van der Waals surface area contributed by atoms with Gasteiger partial charge in [-0.25, -0.2) is 0 Å². The summed E-state index contributed by atoms with van der Waals surface area (Å²) in [6.07, 6.45) is 0.985. The van der Waals surface area contributed by atoms with Crippen LogP contribution in [-0.4, -0.2) is 22.3 Å². The predicted octanol–water partition coefficient (Wildman–Crippen LogP) is -0.462. The highest BCUT2D eigenvalue weighted by atomic mass is 32.2. The van der Waals surface area contributed by atoms with Crippen molar-refractivity contribution in [2.45, 2.75) is 12.8 Å². The Labute approximate surface area is 61.8 Å². The Morgan fingerprint density at radius 1 is 1.60 bits per heavy atom. The number of nitrogens with two attached hydrogens (primary N) is 1. The van der Waals surface area contributed by atoms with E-state index in [4.69, 9.17) is 10.5 Å². The van der Waals surface area contributed by atoms with Crippen LogP contribution in [0.1, 0.15) is 12.8 Å². The Bertz CT molecular complexity index is 168. The van der Waals surface area contributed by atoms with Crippen LogP contribution in [0.2, 0.25) is 0 Å². The fourth-order valence-electron chi connectivity index (χ4n) is 0.538. The van der Waals surface area contributed by atoms with Gasteiger partial charge in [0, 0.05) is 17.0 Å². The van der Waals surface area contributed by atoms with E-state index in [1.165, 1.54) is 0 Å². The average Bonchev–Trinajstić information content (AvgIpc) is 1.82. The van der Waals surface area contributed by atoms with Crippen molar-refractivity contribution >= 4 is 16.4 Å². The Hall–Kier alpha value is -0.420. The number of Topliss-reactive ketones (excluding diaryl/α,β-unsaturated/α-hetero) is 1. The van der Waals surface area contributed by atoms with Crippen LogP contribution in [0.3, 0.4) is 0 Å². The van der Waals surface area contributed by atoms with Gasteiger partial charge in [0.25, 0.3) is 0 Å². The molecular weight excluding hydrogens is 152 g/mol. The molecule has 0 aromatic carbocycles. The number of carbonyl (C=O) groups excluding carboxylic acids is 1. The van der Waals surface area contributed by atoms with Gasteiger partial charge in [-0.2, -0.15) is 0 Å². The standard InChI is InChI=1S/C5H12N2O2S/c6-3-1-2-5(8)4-10(7)9/h7,10H,1-4,6H2. The number of nitrogens with one attached hydrogen (secondary N) is 1. The molecule has 0 saturated heterocycles. The van der Waals surface area contributed by atoms with Gasteiger partial charge in [-0.15, -0.1) is 0 Å². The van der Waals surface area contributed by atoms with Crippen LogP contribution >= 0.6 is 0 Å². The molecule has 0 rings (SSSR count). The van der Waals surface area contributed by atoms with Crippen LogP contribution in [0.15, 0.2) is 0 Å². The summed E-state index contributed by atoms with van der Waals surface area (Å²) in [4.78, 5) is 10.7. The molecule has 0 heterocycles. The lowest BCUT2D eigenvalue weighted by molar-refractivity contribution is -0.116. The second kappa shape index (κ2) is 5.37. The monoisotopic (exact) mass is 164 g/mol. The minimum Gasteiger partial charge on any atom is -0.330 e. The summed E-state index contributed by atoms with van der Waals surface area (Å²) in [5.41, 5.74) is 5.14. The topological polar surface area (TPSA) is 84.0 Å². The first-order chi connectivity index (χ1) is 4.66. The molecule has 0 radical (unpaired) electrons. The van der Waals surface area contributed by atoms with E-state index in [9.17, 15) is 9.00 Å². The minimum absolute atomic E-state index is 0.116. The van der Waals surface area contributed by atoms with E-state index in [2.05, 4.69) is 0 Å². The SMILES string of the molecule is N=[SH](=O)CC(=O)CCCN. The summed E-state index contributed by atoms with van der Waals surface area (Å²) in [6, 6.07) is 0. The Morgan fingerprint density at radius 3 is 2.60 bits per heavy atom. The lowest BCUT2D eigenvalue weighted by Gasteiger charge is -1.92. The molecule has 0 saturated carbocycles. The van der Waals surface area contributed by atoms with E-state index in [0.29, 0.717) is 19.4 Å². The third-order valence-electron chi connectivity index (χ3n) is 0.980. The zero-order valence-electron chi connectivity index (χ0n) is 5.67. The van der Waals surface area contributed by atoms with Crippen LogP contribution < -0.4 is 5.73 Å². The van der Waals surface area contributed by atoms with Gasteiger partial charge in [0.1, 0.15) is 5.78 Å². The van der Waals surface area contributed by atoms with Crippen molar-refractivity contribution in [2.24, 2.45) is 5.73 Å². The van der Waals surface area contributed by atoms with Gasteiger partial charge in [-0.3, -0.25) is 13.8 Å². The molecule has 0 aliphatic rings. The van der Waals surface area contributed by atoms with Crippen molar-refractivity contribution in [3.05, 3.63) is 0 Å². The first kappa shape index (κ1) is 9.58. The molecule has 0 aliphatic carbocycles. The molecular formula is C5H12N2O2S. The molecule has 1 unspecified atom stereocenters. The molecule has 0 spiro atoms. The molecule has 1 atom stereocenters. The highest BCUT2D eigenvalue weighted by Gasteiger charge is 1.99. The van der Waals surface area contributed by atoms with Gasteiger partial charge in [-0.1, -0.05) is 0 Å². The quantitative estimate of drug-likeness (QED) is 0.481. The number of rotatable bonds is 5. The highest BCUT2D eigenvalue weighted by molar-refractivity contribution is 7.74. The van der Waals surface area contributed by atoms with Gasteiger partial charge in [-0.05, 0) is 13.0 Å². The van der Waals surface area contributed by atoms with E-state index in [1.807, 2.05) is 0 Å². The fraction of sp³-hybridized carbons (Fsp3) is 0.800. The second-order valence-electron chi connectivity index (χ2n) is 1.97. The van der Waals surface area contributed by atoms with E-state index in [0.717, 1.165) is 0 Å². The van der Waals surface area contributed by atoms with Crippen molar-refractivity contribution in [2.75, 3.05) is 12.3 Å². The molecule has 4 nitrogen and oxygen atoms in total. The molecule has 0 bridgehead atoms. The van der Waals surface area contributed by atoms with Crippen LogP contribution in [0.5, 0.6) is 0 Å². The second-order valence-corrected chi connectivity index (χ2v) is 3.04. The van der Waals surface area contributed by atoms with Crippen molar-refractivity contribution in [3.63, 3.8) is 0 Å². The molecule has 0 aromatic heterocycles. The van der Waals surface area contributed by atoms with Crippen molar-refractivity contribution in [3.8, 4) is 0 Å². The van der Waals surface area contributed by atoms with Gasteiger partial charge in [0.2, 0.25) is 0 Å². The number of thiol groups is 1. The molecule has 0 fully saturated rings. The molecule has 0 aliphatic heterocycles. The lowest BCUT2D eigenvalue weighted by Crippen LogP contribution is -2.08.